The van der Waals surface area contributed by atoms with Crippen molar-refractivity contribution in [2.45, 2.75) is 20.4 Å². The molecule has 1 fully saturated rings. The first kappa shape index (κ1) is 16.9. The van der Waals surface area contributed by atoms with E-state index >= 15 is 0 Å². The van der Waals surface area contributed by atoms with Gasteiger partial charge in [0.25, 0.3) is 0 Å². The van der Waals surface area contributed by atoms with Crippen molar-refractivity contribution in [1.29, 1.82) is 0 Å². The average Bonchev–Trinajstić information content (AvgIpc) is 3.06. The Hall–Kier alpha value is -0.950. The highest BCUT2D eigenvalue weighted by Crippen LogP contribution is 2.23. The monoisotopic (exact) mass is 395 g/mol. The first-order valence-corrected chi connectivity index (χ1v) is 9.50. The number of ketones is 1. The van der Waals surface area contributed by atoms with E-state index in [1.165, 1.54) is 8.66 Å². The Labute approximate surface area is 149 Å². The lowest BCUT2D eigenvalue weighted by atomic mass is 10.1. The third-order valence-corrected chi connectivity index (χ3v) is 5.90. The molecule has 0 unspecified atom stereocenters. The van der Waals surface area contributed by atoms with E-state index in [-0.39, 0.29) is 5.78 Å². The van der Waals surface area contributed by atoms with Crippen LogP contribution in [0.2, 0.25) is 0 Å². The molecule has 0 aromatic carbocycles. The van der Waals surface area contributed by atoms with E-state index in [0.717, 1.165) is 49.7 Å². The first-order valence-electron chi connectivity index (χ1n) is 7.89. The SMILES string of the molecule is Cc1cc(C(=O)CN2CCN(Cc3ccc(Br)s3)CC2)c(C)[nH]1. The van der Waals surface area contributed by atoms with Crippen LogP contribution in [-0.2, 0) is 6.54 Å². The van der Waals surface area contributed by atoms with Crippen LogP contribution in [0.15, 0.2) is 22.0 Å². The number of aromatic amines is 1. The molecule has 4 nitrogen and oxygen atoms in total. The summed E-state index contributed by atoms with van der Waals surface area (Å²) < 4.78 is 1.19. The van der Waals surface area contributed by atoms with Crippen LogP contribution >= 0.6 is 27.3 Å². The predicted molar refractivity (Wildman–Crippen MR) is 98.3 cm³/mol. The predicted octanol–water partition coefficient (Wildman–Crippen LogP) is 3.46. The van der Waals surface area contributed by atoms with Crippen molar-refractivity contribution in [3.8, 4) is 0 Å². The van der Waals surface area contributed by atoms with Crippen LogP contribution in [0.4, 0.5) is 0 Å². The lowest BCUT2D eigenvalue weighted by Gasteiger charge is -2.34. The third kappa shape index (κ3) is 4.32. The second kappa shape index (κ2) is 7.30. The van der Waals surface area contributed by atoms with Gasteiger partial charge < -0.3 is 4.98 Å². The van der Waals surface area contributed by atoms with Gasteiger partial charge in [-0.15, -0.1) is 11.3 Å². The topological polar surface area (TPSA) is 39.3 Å². The molecule has 0 bridgehead atoms. The van der Waals surface area contributed by atoms with Crippen LogP contribution in [0.5, 0.6) is 0 Å². The van der Waals surface area contributed by atoms with Gasteiger partial charge in [0.1, 0.15) is 0 Å². The molecule has 2 aromatic rings. The second-order valence-electron chi connectivity index (χ2n) is 6.17. The lowest BCUT2D eigenvalue weighted by Crippen LogP contribution is -2.47. The van der Waals surface area contributed by atoms with E-state index in [1.54, 1.807) is 11.3 Å². The molecule has 1 saturated heterocycles. The number of aromatic nitrogens is 1. The van der Waals surface area contributed by atoms with Crippen molar-refractivity contribution in [3.05, 3.63) is 43.8 Å². The van der Waals surface area contributed by atoms with Crippen molar-refractivity contribution >= 4 is 33.0 Å². The van der Waals surface area contributed by atoms with Crippen molar-refractivity contribution in [3.63, 3.8) is 0 Å². The minimum atomic E-state index is 0.225. The number of halogens is 1. The Morgan fingerprint density at radius 2 is 1.91 bits per heavy atom. The van der Waals surface area contributed by atoms with Gasteiger partial charge in [-0.1, -0.05) is 0 Å². The molecule has 1 N–H and O–H groups in total. The molecule has 1 aliphatic heterocycles. The normalized spacial score (nSPS) is 16.8. The molecule has 3 heterocycles. The highest BCUT2D eigenvalue weighted by molar-refractivity contribution is 9.11. The summed E-state index contributed by atoms with van der Waals surface area (Å²) in [6.45, 7) is 9.46. The summed E-state index contributed by atoms with van der Waals surface area (Å²) in [7, 11) is 0. The molecule has 23 heavy (non-hydrogen) atoms. The number of hydrogen-bond acceptors (Lipinski definition) is 4. The molecule has 124 valence electrons. The van der Waals surface area contributed by atoms with Crippen molar-refractivity contribution in [2.24, 2.45) is 0 Å². The molecule has 0 amide bonds. The van der Waals surface area contributed by atoms with Gasteiger partial charge in [0.2, 0.25) is 0 Å². The molecule has 6 heteroatoms. The van der Waals surface area contributed by atoms with Crippen molar-refractivity contribution < 1.29 is 4.79 Å². The van der Waals surface area contributed by atoms with E-state index in [0.29, 0.717) is 6.54 Å². The van der Waals surface area contributed by atoms with Crippen LogP contribution in [-0.4, -0.2) is 53.3 Å². The minimum absolute atomic E-state index is 0.225. The molecular formula is C17H22BrN3OS. The molecule has 0 spiro atoms. The standard InChI is InChI=1S/C17H22BrN3OS/c1-12-9-15(13(2)19-12)16(22)11-21-7-5-20(6-8-21)10-14-3-4-17(18)23-14/h3-4,9,19H,5-8,10-11H2,1-2H3. The Morgan fingerprint density at radius 1 is 1.22 bits per heavy atom. The van der Waals surface area contributed by atoms with E-state index in [2.05, 4.69) is 42.8 Å². The van der Waals surface area contributed by atoms with Gasteiger partial charge in [-0.05, 0) is 48.0 Å². The van der Waals surface area contributed by atoms with E-state index in [1.807, 2.05) is 19.9 Å². The van der Waals surface area contributed by atoms with Crippen LogP contribution in [0.25, 0.3) is 0 Å². The highest BCUT2D eigenvalue weighted by atomic mass is 79.9. The van der Waals surface area contributed by atoms with E-state index in [4.69, 9.17) is 0 Å². The number of thiophene rings is 1. The summed E-state index contributed by atoms with van der Waals surface area (Å²) in [6, 6.07) is 6.25. The summed E-state index contributed by atoms with van der Waals surface area (Å²) in [6.07, 6.45) is 0. The summed E-state index contributed by atoms with van der Waals surface area (Å²) >= 11 is 5.31. The largest absolute Gasteiger partial charge is 0.362 e. The summed E-state index contributed by atoms with van der Waals surface area (Å²) in [5.74, 6) is 0.225. The number of aryl methyl sites for hydroxylation is 2. The summed E-state index contributed by atoms with van der Waals surface area (Å²) in [4.78, 5) is 21.8. The average molecular weight is 396 g/mol. The number of rotatable bonds is 5. The number of piperazine rings is 1. The van der Waals surface area contributed by atoms with Gasteiger partial charge in [-0.2, -0.15) is 0 Å². The summed E-state index contributed by atoms with van der Waals surface area (Å²) in [5.41, 5.74) is 2.88. The van der Waals surface area contributed by atoms with Crippen molar-refractivity contribution in [2.75, 3.05) is 32.7 Å². The molecule has 0 radical (unpaired) electrons. The maximum absolute atomic E-state index is 12.4. The minimum Gasteiger partial charge on any atom is -0.362 e. The zero-order chi connectivity index (χ0) is 16.4. The highest BCUT2D eigenvalue weighted by Gasteiger charge is 2.21. The Balaban J connectivity index is 1.49. The van der Waals surface area contributed by atoms with Gasteiger partial charge in [0, 0.05) is 54.6 Å². The molecular weight excluding hydrogens is 374 g/mol. The second-order valence-corrected chi connectivity index (χ2v) is 8.72. The zero-order valence-electron chi connectivity index (χ0n) is 13.6. The maximum Gasteiger partial charge on any atom is 0.178 e. The van der Waals surface area contributed by atoms with Gasteiger partial charge in [-0.3, -0.25) is 14.6 Å². The Kier molecular flexibility index (Phi) is 5.36. The third-order valence-electron chi connectivity index (χ3n) is 4.29. The number of nitrogens with zero attached hydrogens (tertiary/aromatic N) is 2. The Morgan fingerprint density at radius 3 is 2.48 bits per heavy atom. The molecule has 3 rings (SSSR count). The number of carbonyl (C=O) groups excluding carboxylic acids is 1. The van der Waals surface area contributed by atoms with E-state index < -0.39 is 0 Å². The lowest BCUT2D eigenvalue weighted by molar-refractivity contribution is 0.0844. The van der Waals surface area contributed by atoms with Crippen LogP contribution in [0, 0.1) is 13.8 Å². The maximum atomic E-state index is 12.4. The zero-order valence-corrected chi connectivity index (χ0v) is 16.0. The fraction of sp³-hybridized carbons (Fsp3) is 0.471. The van der Waals surface area contributed by atoms with Crippen LogP contribution in [0.3, 0.4) is 0 Å². The molecule has 1 aliphatic rings. The van der Waals surface area contributed by atoms with Gasteiger partial charge in [0.15, 0.2) is 5.78 Å². The number of nitrogens with one attached hydrogen (secondary N) is 1. The fourth-order valence-corrected chi connectivity index (χ4v) is 4.59. The summed E-state index contributed by atoms with van der Waals surface area (Å²) in [5, 5.41) is 0. The first-order chi connectivity index (χ1) is 11.0. The molecule has 0 atom stereocenters. The fourth-order valence-electron chi connectivity index (χ4n) is 3.06. The quantitative estimate of drug-likeness (QED) is 0.787. The van der Waals surface area contributed by atoms with Crippen LogP contribution in [0.1, 0.15) is 26.6 Å². The number of hydrogen-bond donors (Lipinski definition) is 1. The molecule has 0 aliphatic carbocycles. The van der Waals surface area contributed by atoms with Gasteiger partial charge in [-0.25, -0.2) is 0 Å². The van der Waals surface area contributed by atoms with Crippen molar-refractivity contribution in [1.82, 2.24) is 14.8 Å². The molecule has 0 saturated carbocycles. The smallest absolute Gasteiger partial charge is 0.178 e. The van der Waals surface area contributed by atoms with Gasteiger partial charge >= 0.3 is 0 Å². The molecule has 2 aromatic heterocycles. The number of H-pyrrole nitrogens is 1. The number of carbonyl (C=O) groups is 1. The van der Waals surface area contributed by atoms with Gasteiger partial charge in [0.05, 0.1) is 10.3 Å². The Bertz CT molecular complexity index is 686. The van der Waals surface area contributed by atoms with Crippen LogP contribution < -0.4 is 0 Å². The van der Waals surface area contributed by atoms with E-state index in [9.17, 15) is 4.79 Å². The number of Topliss-reactive ketones (excluding diaryl/α,β-unsaturated/α-hetero) is 1.